The third-order valence-electron chi connectivity index (χ3n) is 3.70. The number of phenols is 1. The zero-order valence-electron chi connectivity index (χ0n) is 24.3. The molecule has 0 saturated heterocycles. The summed E-state index contributed by atoms with van der Waals surface area (Å²) in [6.07, 6.45) is 2.00. The lowest BCUT2D eigenvalue weighted by Gasteiger charge is -2.16. The first-order chi connectivity index (χ1) is 17.3. The highest BCUT2D eigenvalue weighted by molar-refractivity contribution is 8.03. The topological polar surface area (TPSA) is 121 Å². The van der Waals surface area contributed by atoms with Gasteiger partial charge < -0.3 is 15.7 Å². The summed E-state index contributed by atoms with van der Waals surface area (Å²) in [4.78, 5) is 0.715. The molecule has 0 fully saturated rings. The number of rotatable bonds is 9. The minimum Gasteiger partial charge on any atom is -0.504 e. The van der Waals surface area contributed by atoms with Crippen molar-refractivity contribution >= 4 is 50.7 Å². The molecule has 3 N–H and O–H groups in total. The average Bonchev–Trinajstić information content (AvgIpc) is 3.27. The van der Waals surface area contributed by atoms with Gasteiger partial charge in [0, 0.05) is 25.9 Å². The van der Waals surface area contributed by atoms with Gasteiger partial charge in [0.25, 0.3) is 0 Å². The SMILES string of the molecule is C/C=C(/CNc1nonc1Nc1ccc(Cl)c(S(=O)(=O)N(C)C)c1O)SC(C)C.CC.CC.CC(C)C. The van der Waals surface area contributed by atoms with Gasteiger partial charge in [-0.25, -0.2) is 17.4 Å². The standard InChI is InChI=1S/C17H24ClN5O4S2.C4H10.2C2H6/c1-6-11(28-10(2)3)9-19-16-17(22-27-21-16)20-13-8-7-12(18)15(14(13)24)29(25,26)23(4)5;1-4(2)3;2*1-2/h6-8,10,24H,9H2,1-5H3,(H,19,21)(H,20,22);4H,1-3H3;2*1-2H3/b11-6-;;;. The summed E-state index contributed by atoms with van der Waals surface area (Å²) in [5.74, 6) is 0.825. The summed E-state index contributed by atoms with van der Waals surface area (Å²) in [5, 5.41) is 24.4. The number of nitrogens with zero attached hydrogens (tertiary/aromatic N) is 3. The van der Waals surface area contributed by atoms with Gasteiger partial charge in [0.1, 0.15) is 4.90 Å². The molecule has 0 atom stereocenters. The van der Waals surface area contributed by atoms with Crippen LogP contribution < -0.4 is 10.6 Å². The van der Waals surface area contributed by atoms with Crippen molar-refractivity contribution in [3.05, 3.63) is 28.1 Å². The molecule has 0 unspecified atom stereocenters. The number of anilines is 3. The maximum Gasteiger partial charge on any atom is 0.247 e. The summed E-state index contributed by atoms with van der Waals surface area (Å²) in [5.41, 5.74) is 0.0939. The van der Waals surface area contributed by atoms with Crippen LogP contribution in [-0.4, -0.2) is 54.0 Å². The van der Waals surface area contributed by atoms with E-state index in [0.29, 0.717) is 17.6 Å². The van der Waals surface area contributed by atoms with Gasteiger partial charge in [-0.05, 0) is 40.2 Å². The molecule has 0 aliphatic carbocycles. The Balaban J connectivity index is 0. The Morgan fingerprint density at radius 3 is 2.08 bits per heavy atom. The quantitative estimate of drug-likeness (QED) is 0.258. The van der Waals surface area contributed by atoms with Crippen LogP contribution >= 0.6 is 23.4 Å². The van der Waals surface area contributed by atoms with Crippen molar-refractivity contribution in [3.8, 4) is 5.75 Å². The highest BCUT2D eigenvalue weighted by atomic mass is 35.5. The first-order valence-corrected chi connectivity index (χ1v) is 15.1. The minimum absolute atomic E-state index is 0.0939. The van der Waals surface area contributed by atoms with Gasteiger partial charge in [-0.1, -0.05) is 80.0 Å². The summed E-state index contributed by atoms with van der Waals surface area (Å²) in [7, 11) is -1.26. The Morgan fingerprint density at radius 2 is 1.62 bits per heavy atom. The van der Waals surface area contributed by atoms with Crippen molar-refractivity contribution in [2.75, 3.05) is 31.3 Å². The maximum atomic E-state index is 12.5. The van der Waals surface area contributed by atoms with Crippen LogP contribution in [0.4, 0.5) is 17.3 Å². The number of aromatic hydroxyl groups is 1. The lowest BCUT2D eigenvalue weighted by Crippen LogP contribution is -2.22. The van der Waals surface area contributed by atoms with Gasteiger partial charge in [-0.3, -0.25) is 0 Å². The van der Waals surface area contributed by atoms with Crippen LogP contribution in [0.5, 0.6) is 5.75 Å². The van der Waals surface area contributed by atoms with Crippen molar-refractivity contribution in [2.24, 2.45) is 5.92 Å². The second-order valence-corrected chi connectivity index (χ2v) is 12.4. The Hall–Kier alpha value is -1.95. The highest BCUT2D eigenvalue weighted by Gasteiger charge is 2.27. The van der Waals surface area contributed by atoms with E-state index >= 15 is 0 Å². The molecule has 2 aromatic rings. The number of allylic oxidation sites excluding steroid dienone is 1. The summed E-state index contributed by atoms with van der Waals surface area (Å²) in [6.45, 7) is 21.2. The van der Waals surface area contributed by atoms with Gasteiger partial charge >= 0.3 is 0 Å². The van der Waals surface area contributed by atoms with Crippen LogP contribution in [0.1, 0.15) is 69.2 Å². The van der Waals surface area contributed by atoms with E-state index in [1.807, 2.05) is 40.7 Å². The summed E-state index contributed by atoms with van der Waals surface area (Å²) in [6, 6.07) is 2.81. The molecule has 0 bridgehead atoms. The summed E-state index contributed by atoms with van der Waals surface area (Å²) >= 11 is 7.74. The monoisotopic (exact) mass is 579 g/mol. The highest BCUT2D eigenvalue weighted by Crippen LogP contribution is 2.39. The fraction of sp³-hybridized carbons (Fsp3) is 0.600. The van der Waals surface area contributed by atoms with Crippen molar-refractivity contribution in [1.82, 2.24) is 14.6 Å². The molecule has 0 aliphatic heterocycles. The van der Waals surface area contributed by atoms with E-state index in [-0.39, 0.29) is 16.5 Å². The fourth-order valence-corrected chi connectivity index (χ4v) is 4.65. The Kier molecular flexibility index (Phi) is 19.3. The molecule has 0 saturated carbocycles. The molecule has 1 heterocycles. The zero-order chi connectivity index (χ0) is 29.3. The molecule has 37 heavy (non-hydrogen) atoms. The lowest BCUT2D eigenvalue weighted by atomic mass is 10.3. The molecular weight excluding hydrogens is 534 g/mol. The second-order valence-electron chi connectivity index (χ2n) is 8.15. The van der Waals surface area contributed by atoms with Crippen molar-refractivity contribution in [2.45, 2.75) is 79.4 Å². The summed E-state index contributed by atoms with van der Waals surface area (Å²) < 4.78 is 30.7. The van der Waals surface area contributed by atoms with E-state index < -0.39 is 20.7 Å². The molecule has 0 radical (unpaired) electrons. The molecule has 0 spiro atoms. The van der Waals surface area contributed by atoms with Crippen LogP contribution in [0.25, 0.3) is 0 Å². The van der Waals surface area contributed by atoms with Crippen LogP contribution in [0, 0.1) is 5.92 Å². The van der Waals surface area contributed by atoms with E-state index in [1.165, 1.54) is 26.2 Å². The van der Waals surface area contributed by atoms with Gasteiger partial charge in [0.2, 0.25) is 21.7 Å². The number of aromatic nitrogens is 2. The molecule has 2 rings (SSSR count). The lowest BCUT2D eigenvalue weighted by molar-refractivity contribution is 0.310. The van der Waals surface area contributed by atoms with Crippen molar-refractivity contribution < 1.29 is 18.2 Å². The molecule has 9 nitrogen and oxygen atoms in total. The maximum absolute atomic E-state index is 12.5. The third-order valence-corrected chi connectivity index (χ3v) is 7.17. The van der Waals surface area contributed by atoms with Gasteiger partial charge in [-0.15, -0.1) is 11.8 Å². The molecule has 1 aromatic carbocycles. The van der Waals surface area contributed by atoms with Crippen LogP contribution in [-0.2, 0) is 10.0 Å². The first-order valence-electron chi connectivity index (χ1n) is 12.4. The van der Waals surface area contributed by atoms with Crippen LogP contribution in [0.15, 0.2) is 32.6 Å². The van der Waals surface area contributed by atoms with E-state index in [0.717, 1.165) is 15.1 Å². The molecule has 0 amide bonds. The van der Waals surface area contributed by atoms with Crippen LogP contribution in [0.3, 0.4) is 0 Å². The Bertz CT molecular complexity index is 1040. The van der Waals surface area contributed by atoms with Gasteiger partial charge in [0.05, 0.1) is 10.7 Å². The zero-order valence-corrected chi connectivity index (χ0v) is 26.7. The largest absolute Gasteiger partial charge is 0.504 e. The normalized spacial score (nSPS) is 11.2. The second kappa shape index (κ2) is 19.2. The fourth-order valence-electron chi connectivity index (χ4n) is 2.27. The smallest absolute Gasteiger partial charge is 0.247 e. The third kappa shape index (κ3) is 12.9. The Morgan fingerprint density at radius 1 is 1.11 bits per heavy atom. The van der Waals surface area contributed by atoms with Crippen molar-refractivity contribution in [3.63, 3.8) is 0 Å². The van der Waals surface area contributed by atoms with E-state index in [4.69, 9.17) is 16.2 Å². The number of hydrogen-bond acceptors (Lipinski definition) is 9. The number of phenolic OH excluding ortho intramolecular Hbond substituents is 1. The Labute approximate surface area is 233 Å². The van der Waals surface area contributed by atoms with E-state index in [1.54, 1.807) is 11.8 Å². The minimum atomic E-state index is -3.96. The average molecular weight is 580 g/mol. The number of benzene rings is 1. The molecule has 0 aliphatic rings. The van der Waals surface area contributed by atoms with E-state index in [9.17, 15) is 13.5 Å². The van der Waals surface area contributed by atoms with Gasteiger partial charge in [0.15, 0.2) is 5.75 Å². The number of nitrogens with one attached hydrogen (secondary N) is 2. The number of hydrogen-bond donors (Lipinski definition) is 3. The number of thioether (sulfide) groups is 1. The number of halogens is 1. The molecule has 12 heteroatoms. The number of sulfonamides is 1. The molecule has 214 valence electrons. The first kappa shape index (κ1) is 37.2. The predicted molar refractivity (Wildman–Crippen MR) is 160 cm³/mol. The predicted octanol–water partition coefficient (Wildman–Crippen LogP) is 7.59. The van der Waals surface area contributed by atoms with Gasteiger partial charge in [-0.2, -0.15) is 0 Å². The molecule has 1 aromatic heterocycles. The van der Waals surface area contributed by atoms with Crippen molar-refractivity contribution in [1.29, 1.82) is 0 Å². The molecular formula is C25H46ClN5O4S2. The van der Waals surface area contributed by atoms with E-state index in [2.05, 4.69) is 55.6 Å². The van der Waals surface area contributed by atoms with Crippen LogP contribution in [0.2, 0.25) is 5.02 Å².